The maximum Gasteiger partial charge on any atom is 0.219 e. The summed E-state index contributed by atoms with van der Waals surface area (Å²) in [6.07, 6.45) is 8.33. The van der Waals surface area contributed by atoms with Gasteiger partial charge < -0.3 is 15.3 Å². The molecule has 9 heteroatoms. The molecule has 3 aromatic heterocycles. The number of pyridine rings is 1. The van der Waals surface area contributed by atoms with Crippen LogP contribution in [0.25, 0.3) is 11.2 Å². The number of aliphatic hydroxyl groups excluding tert-OH is 1. The van der Waals surface area contributed by atoms with Crippen LogP contribution in [-0.2, 0) is 4.79 Å². The minimum atomic E-state index is 0.0243. The summed E-state index contributed by atoms with van der Waals surface area (Å²) < 4.78 is 3.34. The number of nitrogens with one attached hydrogen (secondary N) is 1. The van der Waals surface area contributed by atoms with Gasteiger partial charge in [0.05, 0.1) is 41.1 Å². The van der Waals surface area contributed by atoms with E-state index in [4.69, 9.17) is 10.1 Å². The predicted octanol–water partition coefficient (Wildman–Crippen LogP) is 2.09. The SMILES string of the molecule is C/C=C(\N=c1ccc(N2CCC(C)(NCCO)CC2)cn1C=O)c1cc2c(C)nc(C)cn2n1. The Balaban J connectivity index is 1.59. The number of aryl methyl sites for hydroxylation is 2. The van der Waals surface area contributed by atoms with Crippen LogP contribution in [0.4, 0.5) is 5.69 Å². The number of aliphatic hydroxyl groups is 1. The topological polar surface area (TPSA) is 100 Å². The molecule has 0 amide bonds. The second-order valence-corrected chi connectivity index (χ2v) is 9.07. The Morgan fingerprint density at radius 2 is 2.03 bits per heavy atom. The van der Waals surface area contributed by atoms with E-state index in [1.165, 1.54) is 4.57 Å². The molecule has 1 saturated heterocycles. The number of carbonyl (C=O) groups is 1. The van der Waals surface area contributed by atoms with Crippen molar-refractivity contribution in [3.05, 3.63) is 59.2 Å². The summed E-state index contributed by atoms with van der Waals surface area (Å²) in [5.74, 6) is 0. The third-order valence-corrected chi connectivity index (χ3v) is 6.48. The van der Waals surface area contributed by atoms with Crippen LogP contribution in [0.3, 0.4) is 0 Å². The van der Waals surface area contributed by atoms with Crippen molar-refractivity contribution in [2.75, 3.05) is 31.1 Å². The lowest BCUT2D eigenvalue weighted by Crippen LogP contribution is -2.52. The first kappa shape index (κ1) is 23.8. The standard InChI is InChI=1S/C25H33N7O2/c1-5-21(22-14-23-19(3)27-18(2)15-32(23)29-22)28-24-7-6-20(16-31(24)17-34)30-11-8-25(4,9-12-30)26-10-13-33/h5-7,14-17,26,33H,8-13H2,1-4H3/b21-5-,28-24?. The quantitative estimate of drug-likeness (QED) is 0.521. The summed E-state index contributed by atoms with van der Waals surface area (Å²) in [6.45, 7) is 10.5. The third-order valence-electron chi connectivity index (χ3n) is 6.48. The van der Waals surface area contributed by atoms with Crippen molar-refractivity contribution in [1.82, 2.24) is 24.5 Å². The minimum absolute atomic E-state index is 0.0243. The highest BCUT2D eigenvalue weighted by Gasteiger charge is 2.29. The van der Waals surface area contributed by atoms with Crippen LogP contribution in [0.5, 0.6) is 0 Å². The van der Waals surface area contributed by atoms with E-state index in [1.807, 2.05) is 62.0 Å². The number of piperidine rings is 1. The molecule has 0 saturated carbocycles. The number of carbonyl (C=O) groups excluding carboxylic acids is 1. The van der Waals surface area contributed by atoms with Gasteiger partial charge in [-0.3, -0.25) is 14.3 Å². The third kappa shape index (κ3) is 4.95. The van der Waals surface area contributed by atoms with Gasteiger partial charge in [-0.1, -0.05) is 6.08 Å². The fraction of sp³-hybridized carbons (Fsp3) is 0.440. The first-order valence-electron chi connectivity index (χ1n) is 11.7. The van der Waals surface area contributed by atoms with E-state index in [0.717, 1.165) is 60.6 Å². The zero-order valence-corrected chi connectivity index (χ0v) is 20.3. The summed E-state index contributed by atoms with van der Waals surface area (Å²) in [6, 6.07) is 5.85. The monoisotopic (exact) mass is 463 g/mol. The average molecular weight is 464 g/mol. The first-order chi connectivity index (χ1) is 16.4. The van der Waals surface area contributed by atoms with Gasteiger partial charge in [0.2, 0.25) is 6.41 Å². The van der Waals surface area contributed by atoms with Crippen LogP contribution in [-0.4, -0.2) is 62.5 Å². The Bertz CT molecular complexity index is 1280. The van der Waals surface area contributed by atoms with Crippen LogP contribution < -0.4 is 15.7 Å². The van der Waals surface area contributed by atoms with E-state index in [1.54, 1.807) is 0 Å². The molecular formula is C25H33N7O2. The van der Waals surface area contributed by atoms with Crippen LogP contribution in [0.2, 0.25) is 0 Å². The summed E-state index contributed by atoms with van der Waals surface area (Å²) in [7, 11) is 0. The smallest absolute Gasteiger partial charge is 0.219 e. The molecule has 9 nitrogen and oxygen atoms in total. The highest BCUT2D eigenvalue weighted by atomic mass is 16.3. The Hall–Kier alpha value is -3.30. The van der Waals surface area contributed by atoms with Crippen molar-refractivity contribution in [3.63, 3.8) is 0 Å². The lowest BCUT2D eigenvalue weighted by molar-refractivity contribution is 0.235. The molecule has 1 aliphatic rings. The molecule has 2 N–H and O–H groups in total. The molecule has 4 rings (SSSR count). The van der Waals surface area contributed by atoms with E-state index < -0.39 is 0 Å². The zero-order chi connectivity index (χ0) is 24.3. The molecule has 1 fully saturated rings. The van der Waals surface area contributed by atoms with Gasteiger partial charge in [0.15, 0.2) is 0 Å². The summed E-state index contributed by atoms with van der Waals surface area (Å²) >= 11 is 0. The van der Waals surface area contributed by atoms with Crippen molar-refractivity contribution in [1.29, 1.82) is 0 Å². The normalized spacial score (nSPS) is 16.9. The maximum absolute atomic E-state index is 11.9. The van der Waals surface area contributed by atoms with Crippen LogP contribution in [0.15, 0.2) is 41.7 Å². The number of anilines is 1. The molecule has 0 aromatic carbocycles. The van der Waals surface area contributed by atoms with Gasteiger partial charge in [0.25, 0.3) is 0 Å². The van der Waals surface area contributed by atoms with Crippen molar-refractivity contribution in [2.45, 2.75) is 46.1 Å². The van der Waals surface area contributed by atoms with Gasteiger partial charge in [-0.05, 0) is 58.7 Å². The number of hydrogen-bond donors (Lipinski definition) is 2. The number of hydrogen-bond acceptors (Lipinski definition) is 7. The molecule has 180 valence electrons. The number of β-amino-alcohol motifs (C(OH)–C–C–N with tert-alkyl or cyclic N) is 1. The Morgan fingerprint density at radius 1 is 1.26 bits per heavy atom. The molecular weight excluding hydrogens is 430 g/mol. The molecule has 34 heavy (non-hydrogen) atoms. The Morgan fingerprint density at radius 3 is 2.71 bits per heavy atom. The molecule has 0 spiro atoms. The largest absolute Gasteiger partial charge is 0.395 e. The number of allylic oxidation sites excluding steroid dienone is 1. The van der Waals surface area contributed by atoms with Gasteiger partial charge >= 0.3 is 0 Å². The van der Waals surface area contributed by atoms with Crippen molar-refractivity contribution < 1.29 is 9.90 Å². The van der Waals surface area contributed by atoms with E-state index in [9.17, 15) is 4.79 Å². The second kappa shape index (κ2) is 9.90. The van der Waals surface area contributed by atoms with Crippen molar-refractivity contribution >= 4 is 23.3 Å². The number of nitrogens with zero attached hydrogens (tertiary/aromatic N) is 6. The fourth-order valence-electron chi connectivity index (χ4n) is 4.47. The number of aromatic nitrogens is 4. The van der Waals surface area contributed by atoms with E-state index in [0.29, 0.717) is 17.7 Å². The number of fused-ring (bicyclic) bond motifs is 1. The Kier molecular flexibility index (Phi) is 6.95. The second-order valence-electron chi connectivity index (χ2n) is 9.07. The molecule has 0 atom stereocenters. The van der Waals surface area contributed by atoms with Gasteiger partial charge in [0, 0.05) is 31.4 Å². The molecule has 4 heterocycles. The van der Waals surface area contributed by atoms with Crippen molar-refractivity contribution in [3.8, 4) is 0 Å². The highest BCUT2D eigenvalue weighted by Crippen LogP contribution is 2.25. The maximum atomic E-state index is 11.9. The summed E-state index contributed by atoms with van der Waals surface area (Å²) in [4.78, 5) is 23.5. The number of rotatable bonds is 7. The molecule has 1 aliphatic heterocycles. The van der Waals surface area contributed by atoms with Gasteiger partial charge in [-0.25, -0.2) is 9.51 Å². The minimum Gasteiger partial charge on any atom is -0.395 e. The molecule has 0 unspecified atom stereocenters. The molecule has 0 radical (unpaired) electrons. The predicted molar refractivity (Wildman–Crippen MR) is 133 cm³/mol. The lowest BCUT2D eigenvalue weighted by Gasteiger charge is -2.41. The van der Waals surface area contributed by atoms with Gasteiger partial charge in [-0.2, -0.15) is 5.10 Å². The van der Waals surface area contributed by atoms with Crippen molar-refractivity contribution in [2.24, 2.45) is 4.99 Å². The average Bonchev–Trinajstić information content (AvgIpc) is 3.26. The first-order valence-corrected chi connectivity index (χ1v) is 11.7. The highest BCUT2D eigenvalue weighted by molar-refractivity contribution is 5.67. The Labute approximate surface area is 199 Å². The fourth-order valence-corrected chi connectivity index (χ4v) is 4.47. The lowest BCUT2D eigenvalue weighted by atomic mass is 9.89. The van der Waals surface area contributed by atoms with Crippen LogP contribution in [0.1, 0.15) is 43.8 Å². The van der Waals surface area contributed by atoms with E-state index >= 15 is 0 Å². The summed E-state index contributed by atoms with van der Waals surface area (Å²) in [5, 5.41) is 17.2. The van der Waals surface area contributed by atoms with Gasteiger partial charge in [-0.15, -0.1) is 0 Å². The van der Waals surface area contributed by atoms with Crippen LogP contribution in [0, 0.1) is 13.8 Å². The molecule has 0 aliphatic carbocycles. The zero-order valence-electron chi connectivity index (χ0n) is 20.3. The van der Waals surface area contributed by atoms with Crippen LogP contribution >= 0.6 is 0 Å². The van der Waals surface area contributed by atoms with Gasteiger partial charge in [0.1, 0.15) is 11.2 Å². The molecule has 3 aromatic rings. The molecule has 0 bridgehead atoms. The van der Waals surface area contributed by atoms with E-state index in [-0.39, 0.29) is 12.1 Å². The summed E-state index contributed by atoms with van der Waals surface area (Å²) in [5.41, 5.74) is 5.71. The van der Waals surface area contributed by atoms with E-state index in [2.05, 4.69) is 27.2 Å².